The van der Waals surface area contributed by atoms with Gasteiger partial charge in [-0.25, -0.2) is 4.79 Å². The van der Waals surface area contributed by atoms with Crippen molar-refractivity contribution in [1.82, 2.24) is 5.32 Å². The Balaban J connectivity index is 1.72. The van der Waals surface area contributed by atoms with Crippen molar-refractivity contribution < 1.29 is 23.8 Å². The molecule has 178 valence electrons. The van der Waals surface area contributed by atoms with Crippen LogP contribution >= 0.6 is 0 Å². The van der Waals surface area contributed by atoms with Gasteiger partial charge in [-0.2, -0.15) is 0 Å². The summed E-state index contributed by atoms with van der Waals surface area (Å²) < 4.78 is 16.1. The number of allylic oxidation sites excluding steroid dienone is 3. The van der Waals surface area contributed by atoms with Crippen LogP contribution in [0.4, 0.5) is 0 Å². The third kappa shape index (κ3) is 4.58. The molecule has 0 saturated heterocycles. The normalized spacial score (nSPS) is 19.9. The quantitative estimate of drug-likeness (QED) is 0.584. The molecular formula is C28H31NO5. The zero-order valence-corrected chi connectivity index (χ0v) is 20.1. The second kappa shape index (κ2) is 10.2. The van der Waals surface area contributed by atoms with Crippen LogP contribution in [0.3, 0.4) is 0 Å². The molecule has 2 aromatic carbocycles. The van der Waals surface area contributed by atoms with Crippen LogP contribution in [-0.4, -0.2) is 32.6 Å². The number of dihydropyridines is 1. The third-order valence-corrected chi connectivity index (χ3v) is 6.51. The zero-order chi connectivity index (χ0) is 24.2. The van der Waals surface area contributed by atoms with Crippen LogP contribution in [0, 0.1) is 0 Å². The van der Waals surface area contributed by atoms with Crippen LogP contribution in [0.5, 0.6) is 11.5 Å². The van der Waals surface area contributed by atoms with Gasteiger partial charge in [0.25, 0.3) is 0 Å². The van der Waals surface area contributed by atoms with Crippen molar-refractivity contribution in [2.24, 2.45) is 0 Å². The Morgan fingerprint density at radius 1 is 0.971 bits per heavy atom. The number of methoxy groups -OCH3 is 2. The summed E-state index contributed by atoms with van der Waals surface area (Å²) in [5, 5.41) is 3.36. The van der Waals surface area contributed by atoms with Crippen molar-refractivity contribution >= 4 is 11.8 Å². The molecule has 1 aliphatic carbocycles. The van der Waals surface area contributed by atoms with E-state index in [1.54, 1.807) is 7.11 Å². The highest BCUT2D eigenvalue weighted by Gasteiger charge is 2.41. The van der Waals surface area contributed by atoms with Crippen molar-refractivity contribution in [2.75, 3.05) is 20.8 Å². The predicted molar refractivity (Wildman–Crippen MR) is 130 cm³/mol. The highest BCUT2D eigenvalue weighted by molar-refractivity contribution is 6.04. The van der Waals surface area contributed by atoms with Gasteiger partial charge in [0.2, 0.25) is 0 Å². The van der Waals surface area contributed by atoms with Crippen LogP contribution in [-0.2, 0) is 14.3 Å². The number of rotatable bonds is 7. The van der Waals surface area contributed by atoms with Crippen molar-refractivity contribution in [2.45, 2.75) is 44.9 Å². The molecule has 0 fully saturated rings. The van der Waals surface area contributed by atoms with E-state index in [9.17, 15) is 9.59 Å². The summed E-state index contributed by atoms with van der Waals surface area (Å²) in [5.41, 5.74) is 4.67. The summed E-state index contributed by atoms with van der Waals surface area (Å²) in [4.78, 5) is 26.4. The third-order valence-electron chi connectivity index (χ3n) is 6.51. The van der Waals surface area contributed by atoms with Crippen molar-refractivity contribution in [3.63, 3.8) is 0 Å². The molecule has 0 amide bonds. The number of benzene rings is 2. The maximum atomic E-state index is 13.6. The van der Waals surface area contributed by atoms with Gasteiger partial charge in [-0.1, -0.05) is 31.2 Å². The smallest absolute Gasteiger partial charge is 0.336 e. The standard InChI is InChI=1S/C28H31NO5/c1-5-14-34-22-12-8-19(9-13-22)26-25(28(31)33-4)17(2)29-23-15-20(16-24(30)27(23)26)18-6-10-21(32-3)11-7-18/h6-13,20,26,29H,5,14-16H2,1-4H3/t20-,26-/m0/s1. The van der Waals surface area contributed by atoms with Gasteiger partial charge in [0.15, 0.2) is 5.78 Å². The van der Waals surface area contributed by atoms with E-state index in [1.165, 1.54) is 7.11 Å². The van der Waals surface area contributed by atoms with Crippen molar-refractivity contribution in [3.05, 3.63) is 82.2 Å². The van der Waals surface area contributed by atoms with E-state index >= 15 is 0 Å². The molecule has 2 aliphatic rings. The Morgan fingerprint density at radius 3 is 2.24 bits per heavy atom. The number of esters is 1. The molecule has 6 nitrogen and oxygen atoms in total. The molecule has 1 N–H and O–H groups in total. The summed E-state index contributed by atoms with van der Waals surface area (Å²) in [6, 6.07) is 15.5. The fraction of sp³-hybridized carbons (Fsp3) is 0.357. The van der Waals surface area contributed by atoms with Crippen LogP contribution in [0.2, 0.25) is 0 Å². The number of nitrogens with one attached hydrogen (secondary N) is 1. The maximum absolute atomic E-state index is 13.6. The van der Waals surface area contributed by atoms with Gasteiger partial charge in [0.05, 0.1) is 26.4 Å². The molecule has 34 heavy (non-hydrogen) atoms. The highest BCUT2D eigenvalue weighted by atomic mass is 16.5. The number of carbonyl (C=O) groups excluding carboxylic acids is 2. The van der Waals surface area contributed by atoms with Gasteiger partial charge in [-0.15, -0.1) is 0 Å². The molecule has 0 aromatic heterocycles. The summed E-state index contributed by atoms with van der Waals surface area (Å²) in [7, 11) is 3.01. The zero-order valence-electron chi connectivity index (χ0n) is 20.1. The van der Waals surface area contributed by atoms with Crippen LogP contribution in [0.15, 0.2) is 71.1 Å². The van der Waals surface area contributed by atoms with Crippen molar-refractivity contribution in [1.29, 1.82) is 0 Å². The largest absolute Gasteiger partial charge is 0.497 e. The summed E-state index contributed by atoms with van der Waals surface area (Å²) in [5.74, 6) is 0.742. The lowest BCUT2D eigenvalue weighted by Crippen LogP contribution is -2.36. The van der Waals surface area contributed by atoms with Crippen LogP contribution < -0.4 is 14.8 Å². The molecule has 4 rings (SSSR count). The number of carbonyl (C=O) groups is 2. The topological polar surface area (TPSA) is 73.9 Å². The van der Waals surface area contributed by atoms with E-state index in [1.807, 2.05) is 55.5 Å². The van der Waals surface area contributed by atoms with E-state index in [4.69, 9.17) is 14.2 Å². The first-order valence-corrected chi connectivity index (χ1v) is 11.7. The molecule has 1 heterocycles. The molecule has 0 bridgehead atoms. The number of ether oxygens (including phenoxy) is 3. The van der Waals surface area contributed by atoms with E-state index < -0.39 is 11.9 Å². The first-order chi connectivity index (χ1) is 16.5. The second-order valence-electron chi connectivity index (χ2n) is 8.70. The average molecular weight is 462 g/mol. The number of Topliss-reactive ketones (excluding diaryl/α,β-unsaturated/α-hetero) is 1. The summed E-state index contributed by atoms with van der Waals surface area (Å²) in [6.07, 6.45) is 1.99. The molecule has 0 radical (unpaired) electrons. The Labute approximate surface area is 200 Å². The predicted octanol–water partition coefficient (Wildman–Crippen LogP) is 5.02. The number of ketones is 1. The van der Waals surface area contributed by atoms with E-state index in [0.717, 1.165) is 34.7 Å². The summed E-state index contributed by atoms with van der Waals surface area (Å²) >= 11 is 0. The minimum atomic E-state index is -0.478. The first-order valence-electron chi connectivity index (χ1n) is 11.7. The van der Waals surface area contributed by atoms with Gasteiger partial charge in [-0.3, -0.25) is 4.79 Å². The molecular weight excluding hydrogens is 430 g/mol. The lowest BCUT2D eigenvalue weighted by molar-refractivity contribution is -0.136. The Morgan fingerprint density at radius 2 is 1.62 bits per heavy atom. The molecule has 2 atom stereocenters. The van der Waals surface area contributed by atoms with Gasteiger partial charge in [0, 0.05) is 29.3 Å². The minimum Gasteiger partial charge on any atom is -0.497 e. The molecule has 6 heteroatoms. The first kappa shape index (κ1) is 23.6. The lowest BCUT2D eigenvalue weighted by Gasteiger charge is -2.36. The Kier molecular flexibility index (Phi) is 7.06. The maximum Gasteiger partial charge on any atom is 0.336 e. The van der Waals surface area contributed by atoms with E-state index in [-0.39, 0.29) is 11.7 Å². The summed E-state index contributed by atoms with van der Waals surface area (Å²) in [6.45, 7) is 4.56. The average Bonchev–Trinajstić information content (AvgIpc) is 2.86. The van der Waals surface area contributed by atoms with Gasteiger partial charge >= 0.3 is 5.97 Å². The number of hydrogen-bond acceptors (Lipinski definition) is 6. The van der Waals surface area contributed by atoms with Gasteiger partial charge in [0.1, 0.15) is 11.5 Å². The molecule has 2 aromatic rings. The van der Waals surface area contributed by atoms with Gasteiger partial charge in [-0.05, 0) is 61.1 Å². The van der Waals surface area contributed by atoms with Crippen LogP contribution in [0.1, 0.15) is 56.1 Å². The fourth-order valence-electron chi connectivity index (χ4n) is 4.84. The molecule has 0 saturated carbocycles. The Bertz CT molecular complexity index is 1130. The fourth-order valence-corrected chi connectivity index (χ4v) is 4.84. The minimum absolute atomic E-state index is 0.0415. The van der Waals surface area contributed by atoms with Crippen LogP contribution in [0.25, 0.3) is 0 Å². The lowest BCUT2D eigenvalue weighted by atomic mass is 9.71. The highest BCUT2D eigenvalue weighted by Crippen LogP contribution is 2.46. The second-order valence-corrected chi connectivity index (χ2v) is 8.70. The molecule has 0 unspecified atom stereocenters. The van der Waals surface area contributed by atoms with E-state index in [2.05, 4.69) is 12.2 Å². The van der Waals surface area contributed by atoms with Gasteiger partial charge < -0.3 is 19.5 Å². The molecule has 1 aliphatic heterocycles. The van der Waals surface area contributed by atoms with E-state index in [0.29, 0.717) is 36.3 Å². The number of hydrogen-bond donors (Lipinski definition) is 1. The SMILES string of the molecule is CCCOc1ccc([C@H]2C(C(=O)OC)=C(C)NC3=C2C(=O)C[C@@H](c2ccc(OC)cc2)C3)cc1. The molecule has 0 spiro atoms. The van der Waals surface area contributed by atoms with Crippen molar-refractivity contribution in [3.8, 4) is 11.5 Å². The Hall–Kier alpha value is -3.54. The monoisotopic (exact) mass is 461 g/mol.